The van der Waals surface area contributed by atoms with Crippen LogP contribution >= 0.6 is 0 Å². The number of unbranched alkanes of at least 4 members (excludes halogenated alkanes) is 9. The van der Waals surface area contributed by atoms with Gasteiger partial charge >= 0.3 is 5.97 Å². The van der Waals surface area contributed by atoms with E-state index in [1.165, 1.54) is 63.4 Å². The molecule has 0 aromatic heterocycles. The summed E-state index contributed by atoms with van der Waals surface area (Å²) in [6, 6.07) is 4.40. The highest BCUT2D eigenvalue weighted by atomic mass is 16.4. The second-order valence-electron chi connectivity index (χ2n) is 13.6. The van der Waals surface area contributed by atoms with Crippen molar-refractivity contribution >= 4 is 5.97 Å². The van der Waals surface area contributed by atoms with E-state index in [1.54, 1.807) is 0 Å². The highest BCUT2D eigenvalue weighted by Crippen LogP contribution is 2.42. The molecule has 1 aromatic carbocycles. The summed E-state index contributed by atoms with van der Waals surface area (Å²) >= 11 is 0. The first-order valence-corrected chi connectivity index (χ1v) is 15.5. The third kappa shape index (κ3) is 12.9. The molecule has 3 nitrogen and oxygen atoms in total. The molecule has 2 N–H and O–H groups in total. The zero-order valence-electron chi connectivity index (χ0n) is 26.2. The van der Waals surface area contributed by atoms with Gasteiger partial charge in [0.1, 0.15) is 5.75 Å². The van der Waals surface area contributed by atoms with Crippen molar-refractivity contribution in [2.24, 2.45) is 5.92 Å². The molecule has 1 aromatic rings. The smallest absolute Gasteiger partial charge is 0.306 e. The van der Waals surface area contributed by atoms with Crippen LogP contribution in [0.3, 0.4) is 0 Å². The van der Waals surface area contributed by atoms with E-state index in [2.05, 4.69) is 72.8 Å². The highest BCUT2D eigenvalue weighted by Gasteiger charge is 2.28. The molecule has 0 radical (unpaired) electrons. The van der Waals surface area contributed by atoms with Crippen LogP contribution in [0.5, 0.6) is 5.75 Å². The van der Waals surface area contributed by atoms with E-state index in [1.807, 2.05) is 6.92 Å². The normalized spacial score (nSPS) is 14.2. The molecule has 0 amide bonds. The summed E-state index contributed by atoms with van der Waals surface area (Å²) < 4.78 is 0. The Hall–Kier alpha value is -1.77. The summed E-state index contributed by atoms with van der Waals surface area (Å²) in [6.07, 6.45) is 21.4. The van der Waals surface area contributed by atoms with Crippen LogP contribution in [0.15, 0.2) is 24.3 Å². The summed E-state index contributed by atoms with van der Waals surface area (Å²) in [5.74, 6) is -0.328. The van der Waals surface area contributed by atoms with Gasteiger partial charge in [0.25, 0.3) is 0 Å². The predicted octanol–water partition coefficient (Wildman–Crippen LogP) is 10.8. The van der Waals surface area contributed by atoms with Crippen molar-refractivity contribution in [1.29, 1.82) is 0 Å². The summed E-state index contributed by atoms with van der Waals surface area (Å²) in [6.45, 7) is 17.0. The third-order valence-corrected chi connectivity index (χ3v) is 7.90. The van der Waals surface area contributed by atoms with Crippen LogP contribution in [0.2, 0.25) is 0 Å². The van der Waals surface area contributed by atoms with Gasteiger partial charge in [0.15, 0.2) is 0 Å². The van der Waals surface area contributed by atoms with Crippen LogP contribution < -0.4 is 0 Å². The standard InChI is InChI=1S/C35H60O3/c1-9-10-11-12-13-14-15-16-17-18-19-20-21-22-28(24-23-27(2)33(37)38)29-25-30(34(3,4)5)32(36)31(26-29)35(6,7)8/h16-17,25-28,36H,9-15,18-24H2,1-8H3,(H,37,38). The van der Waals surface area contributed by atoms with Gasteiger partial charge in [-0.15, -0.1) is 0 Å². The molecule has 0 bridgehead atoms. The Balaban J connectivity index is 2.81. The molecule has 0 aliphatic rings. The van der Waals surface area contributed by atoms with E-state index < -0.39 is 5.97 Å². The van der Waals surface area contributed by atoms with E-state index >= 15 is 0 Å². The maximum atomic E-state index is 11.5. The second kappa shape index (κ2) is 17.0. The van der Waals surface area contributed by atoms with Gasteiger partial charge in [-0.3, -0.25) is 4.79 Å². The number of benzene rings is 1. The number of allylic oxidation sites excluding steroid dienone is 2. The minimum atomic E-state index is -0.715. The fourth-order valence-electron chi connectivity index (χ4n) is 5.20. The Morgan fingerprint density at radius 3 is 1.71 bits per heavy atom. The molecule has 0 fully saturated rings. The number of rotatable bonds is 18. The van der Waals surface area contributed by atoms with Crippen LogP contribution in [0.25, 0.3) is 0 Å². The fraction of sp³-hybridized carbons (Fsp3) is 0.743. The molecule has 0 saturated carbocycles. The Bertz CT molecular complexity index is 803. The lowest BCUT2D eigenvalue weighted by atomic mass is 9.75. The molecule has 0 spiro atoms. The van der Waals surface area contributed by atoms with Crippen LogP contribution in [0, 0.1) is 5.92 Å². The minimum Gasteiger partial charge on any atom is -0.507 e. The molecule has 0 aliphatic heterocycles. The lowest BCUT2D eigenvalue weighted by Crippen LogP contribution is -2.19. The number of carbonyl (C=O) groups is 1. The first-order valence-electron chi connectivity index (χ1n) is 15.5. The van der Waals surface area contributed by atoms with Crippen LogP contribution in [0.1, 0.15) is 168 Å². The Morgan fingerprint density at radius 1 is 0.763 bits per heavy atom. The summed E-state index contributed by atoms with van der Waals surface area (Å²) in [7, 11) is 0. The molecule has 2 unspecified atom stereocenters. The van der Waals surface area contributed by atoms with Crippen LogP contribution in [-0.4, -0.2) is 16.2 Å². The fourth-order valence-corrected chi connectivity index (χ4v) is 5.20. The van der Waals surface area contributed by atoms with Gasteiger partial charge in [-0.2, -0.15) is 0 Å². The number of carboxylic acid groups (broad SMARTS) is 1. The van der Waals surface area contributed by atoms with Gasteiger partial charge in [-0.1, -0.05) is 125 Å². The minimum absolute atomic E-state index is 0.166. The first-order chi connectivity index (χ1) is 17.8. The number of hydrogen-bond donors (Lipinski definition) is 2. The number of aromatic hydroxyl groups is 1. The molecule has 218 valence electrons. The largest absolute Gasteiger partial charge is 0.507 e. The average Bonchev–Trinajstić information content (AvgIpc) is 2.82. The van der Waals surface area contributed by atoms with Crippen molar-refractivity contribution in [3.05, 3.63) is 41.0 Å². The van der Waals surface area contributed by atoms with E-state index in [-0.39, 0.29) is 16.7 Å². The monoisotopic (exact) mass is 528 g/mol. The topological polar surface area (TPSA) is 57.5 Å². The van der Waals surface area contributed by atoms with E-state index in [4.69, 9.17) is 0 Å². The molecule has 0 heterocycles. The first kappa shape index (κ1) is 34.3. The molecule has 1 rings (SSSR count). The summed E-state index contributed by atoms with van der Waals surface area (Å²) in [5.41, 5.74) is 2.91. The summed E-state index contributed by atoms with van der Waals surface area (Å²) in [5, 5.41) is 20.6. The zero-order chi connectivity index (χ0) is 28.8. The summed E-state index contributed by atoms with van der Waals surface area (Å²) in [4.78, 5) is 11.5. The molecule has 38 heavy (non-hydrogen) atoms. The van der Waals surface area contributed by atoms with Crippen molar-refractivity contribution in [2.45, 2.75) is 162 Å². The van der Waals surface area contributed by atoms with Crippen molar-refractivity contribution in [2.75, 3.05) is 0 Å². The molecular formula is C35H60O3. The number of phenolic OH excluding ortho intramolecular Hbond substituents is 1. The quantitative estimate of drug-likeness (QED) is 0.147. The molecular weight excluding hydrogens is 468 g/mol. The van der Waals surface area contributed by atoms with Crippen molar-refractivity contribution in [1.82, 2.24) is 0 Å². The van der Waals surface area contributed by atoms with Crippen molar-refractivity contribution in [3.8, 4) is 5.75 Å². The maximum Gasteiger partial charge on any atom is 0.306 e. The van der Waals surface area contributed by atoms with Crippen LogP contribution in [0.4, 0.5) is 0 Å². The Labute approximate surface area is 235 Å². The third-order valence-electron chi connectivity index (χ3n) is 7.90. The molecule has 3 heteroatoms. The van der Waals surface area contributed by atoms with Gasteiger partial charge in [0, 0.05) is 0 Å². The van der Waals surface area contributed by atoms with Crippen molar-refractivity contribution in [3.63, 3.8) is 0 Å². The van der Waals surface area contributed by atoms with Crippen LogP contribution in [-0.2, 0) is 15.6 Å². The lowest BCUT2D eigenvalue weighted by molar-refractivity contribution is -0.141. The van der Waals surface area contributed by atoms with Gasteiger partial charge in [0.05, 0.1) is 5.92 Å². The Kier molecular flexibility index (Phi) is 15.4. The molecule has 0 saturated heterocycles. The number of phenols is 1. The average molecular weight is 529 g/mol. The molecule has 2 atom stereocenters. The highest BCUT2D eigenvalue weighted by molar-refractivity contribution is 5.69. The maximum absolute atomic E-state index is 11.5. The second-order valence-corrected chi connectivity index (χ2v) is 13.6. The van der Waals surface area contributed by atoms with Gasteiger partial charge in [-0.05, 0) is 78.4 Å². The van der Waals surface area contributed by atoms with E-state index in [9.17, 15) is 15.0 Å². The number of aliphatic carboxylic acids is 1. The SMILES string of the molecule is CCCCCCCCC=CCCCCCC(CCC(C)C(=O)O)c1cc(C(C)(C)C)c(O)c(C(C)(C)C)c1. The number of carboxylic acids is 1. The number of hydrogen-bond acceptors (Lipinski definition) is 2. The Morgan fingerprint density at radius 2 is 1.24 bits per heavy atom. The predicted molar refractivity (Wildman–Crippen MR) is 164 cm³/mol. The zero-order valence-corrected chi connectivity index (χ0v) is 26.2. The van der Waals surface area contributed by atoms with E-state index in [0.717, 1.165) is 36.8 Å². The van der Waals surface area contributed by atoms with Gasteiger partial charge in [-0.25, -0.2) is 0 Å². The molecule has 0 aliphatic carbocycles. The van der Waals surface area contributed by atoms with Gasteiger partial charge < -0.3 is 10.2 Å². The lowest BCUT2D eigenvalue weighted by Gasteiger charge is -2.30. The van der Waals surface area contributed by atoms with Gasteiger partial charge in [0.2, 0.25) is 0 Å². The van der Waals surface area contributed by atoms with Crippen molar-refractivity contribution < 1.29 is 15.0 Å². The van der Waals surface area contributed by atoms with E-state index in [0.29, 0.717) is 18.1 Å².